The van der Waals surface area contributed by atoms with Gasteiger partial charge in [-0.3, -0.25) is 0 Å². The Morgan fingerprint density at radius 2 is 1.92 bits per heavy atom. The molecule has 0 bridgehead atoms. The van der Waals surface area contributed by atoms with Crippen LogP contribution in [0.5, 0.6) is 0 Å². The van der Waals surface area contributed by atoms with Gasteiger partial charge in [0, 0.05) is 12.1 Å². The Bertz CT molecular complexity index is 130. The molecule has 1 rings (SSSR count). The molecule has 72 valence electrons. The Balaban J connectivity index is 2.32. The fourth-order valence-electron chi connectivity index (χ4n) is 1.71. The molecule has 12 heavy (non-hydrogen) atoms. The highest BCUT2D eigenvalue weighted by atomic mass is 16.3. The van der Waals surface area contributed by atoms with Gasteiger partial charge in [0.1, 0.15) is 0 Å². The van der Waals surface area contributed by atoms with Crippen molar-refractivity contribution in [2.75, 3.05) is 6.61 Å². The third kappa shape index (κ3) is 2.76. The standard InChI is InChI=1S/C10H21NO/c1-7(2)10(9-4-5-9)11-8(3)6-12/h7-12H,4-6H2,1-3H3. The highest BCUT2D eigenvalue weighted by Crippen LogP contribution is 2.35. The maximum Gasteiger partial charge on any atom is 0.0582 e. The number of nitrogens with one attached hydrogen (secondary N) is 1. The van der Waals surface area contributed by atoms with E-state index < -0.39 is 0 Å². The van der Waals surface area contributed by atoms with Gasteiger partial charge in [-0.2, -0.15) is 0 Å². The summed E-state index contributed by atoms with van der Waals surface area (Å²) in [6.45, 7) is 6.79. The van der Waals surface area contributed by atoms with E-state index in [1.54, 1.807) is 0 Å². The van der Waals surface area contributed by atoms with E-state index in [4.69, 9.17) is 5.11 Å². The van der Waals surface area contributed by atoms with Gasteiger partial charge in [0.25, 0.3) is 0 Å². The predicted octanol–water partition coefficient (Wildman–Crippen LogP) is 1.39. The first-order valence-corrected chi connectivity index (χ1v) is 5.02. The highest BCUT2D eigenvalue weighted by molar-refractivity contribution is 4.89. The lowest BCUT2D eigenvalue weighted by Gasteiger charge is -2.25. The normalized spacial score (nSPS) is 22.8. The van der Waals surface area contributed by atoms with Gasteiger partial charge in [-0.15, -0.1) is 0 Å². The van der Waals surface area contributed by atoms with E-state index >= 15 is 0 Å². The first kappa shape index (κ1) is 10.0. The minimum absolute atomic E-state index is 0.246. The Hall–Kier alpha value is -0.0800. The molecule has 1 aliphatic rings. The second kappa shape index (κ2) is 4.24. The Morgan fingerprint density at radius 3 is 2.25 bits per heavy atom. The van der Waals surface area contributed by atoms with Crippen LogP contribution in [0.15, 0.2) is 0 Å². The summed E-state index contributed by atoms with van der Waals surface area (Å²) < 4.78 is 0. The lowest BCUT2D eigenvalue weighted by atomic mass is 9.99. The molecule has 1 fully saturated rings. The second-order valence-electron chi connectivity index (χ2n) is 4.36. The number of rotatable bonds is 5. The molecule has 0 aromatic rings. The quantitative estimate of drug-likeness (QED) is 0.655. The zero-order valence-electron chi connectivity index (χ0n) is 8.38. The first-order valence-electron chi connectivity index (χ1n) is 5.02. The number of hydrogen-bond acceptors (Lipinski definition) is 2. The molecule has 1 saturated carbocycles. The van der Waals surface area contributed by atoms with Crippen molar-refractivity contribution in [3.05, 3.63) is 0 Å². The molecule has 2 nitrogen and oxygen atoms in total. The van der Waals surface area contributed by atoms with Crippen LogP contribution < -0.4 is 5.32 Å². The largest absolute Gasteiger partial charge is 0.395 e. The van der Waals surface area contributed by atoms with Crippen LogP contribution in [0.2, 0.25) is 0 Å². The van der Waals surface area contributed by atoms with Gasteiger partial charge < -0.3 is 10.4 Å². The van der Waals surface area contributed by atoms with Gasteiger partial charge in [0.05, 0.1) is 6.61 Å². The third-order valence-electron chi connectivity index (χ3n) is 2.60. The van der Waals surface area contributed by atoms with Crippen LogP contribution in [-0.2, 0) is 0 Å². The molecule has 0 aromatic carbocycles. The smallest absolute Gasteiger partial charge is 0.0582 e. The van der Waals surface area contributed by atoms with Crippen molar-refractivity contribution in [1.29, 1.82) is 0 Å². The van der Waals surface area contributed by atoms with E-state index in [2.05, 4.69) is 19.2 Å². The summed E-state index contributed by atoms with van der Waals surface area (Å²) in [4.78, 5) is 0. The average Bonchev–Trinajstić information content (AvgIpc) is 2.81. The highest BCUT2D eigenvalue weighted by Gasteiger charge is 2.33. The van der Waals surface area contributed by atoms with E-state index in [0.29, 0.717) is 12.0 Å². The predicted molar refractivity (Wildman–Crippen MR) is 51.0 cm³/mol. The summed E-state index contributed by atoms with van der Waals surface area (Å²) in [6.07, 6.45) is 2.74. The molecule has 0 radical (unpaired) electrons. The molecule has 0 aliphatic heterocycles. The fourth-order valence-corrected chi connectivity index (χ4v) is 1.71. The van der Waals surface area contributed by atoms with Gasteiger partial charge >= 0.3 is 0 Å². The molecule has 2 heteroatoms. The van der Waals surface area contributed by atoms with Crippen molar-refractivity contribution >= 4 is 0 Å². The van der Waals surface area contributed by atoms with E-state index in [1.807, 2.05) is 6.92 Å². The lowest BCUT2D eigenvalue weighted by molar-refractivity contribution is 0.221. The number of aliphatic hydroxyl groups is 1. The maximum atomic E-state index is 8.91. The topological polar surface area (TPSA) is 32.3 Å². The second-order valence-corrected chi connectivity index (χ2v) is 4.36. The molecular weight excluding hydrogens is 150 g/mol. The molecule has 2 atom stereocenters. The molecular formula is C10H21NO. The van der Waals surface area contributed by atoms with Crippen LogP contribution in [0.3, 0.4) is 0 Å². The van der Waals surface area contributed by atoms with Crippen molar-refractivity contribution in [3.8, 4) is 0 Å². The van der Waals surface area contributed by atoms with Gasteiger partial charge in [-0.05, 0) is 31.6 Å². The Labute approximate surface area is 75.4 Å². The zero-order valence-corrected chi connectivity index (χ0v) is 8.38. The van der Waals surface area contributed by atoms with E-state index in [9.17, 15) is 0 Å². The number of hydrogen-bond donors (Lipinski definition) is 2. The average molecular weight is 171 g/mol. The Morgan fingerprint density at radius 1 is 1.33 bits per heavy atom. The van der Waals surface area contributed by atoms with E-state index in [0.717, 1.165) is 5.92 Å². The molecule has 0 amide bonds. The minimum atomic E-state index is 0.246. The first-order chi connectivity index (χ1) is 5.65. The van der Waals surface area contributed by atoms with Gasteiger partial charge in [-0.1, -0.05) is 13.8 Å². The molecule has 2 unspecified atom stereocenters. The molecule has 0 aromatic heterocycles. The summed E-state index contributed by atoms with van der Waals surface area (Å²) in [5.41, 5.74) is 0. The van der Waals surface area contributed by atoms with Crippen molar-refractivity contribution in [2.24, 2.45) is 11.8 Å². The summed E-state index contributed by atoms with van der Waals surface area (Å²) in [6, 6.07) is 0.866. The van der Waals surface area contributed by atoms with E-state index in [1.165, 1.54) is 12.8 Å². The van der Waals surface area contributed by atoms with E-state index in [-0.39, 0.29) is 12.6 Å². The van der Waals surface area contributed by atoms with Crippen molar-refractivity contribution in [2.45, 2.75) is 45.7 Å². The minimum Gasteiger partial charge on any atom is -0.395 e. The molecule has 2 N–H and O–H groups in total. The zero-order chi connectivity index (χ0) is 9.14. The molecule has 1 aliphatic carbocycles. The maximum absolute atomic E-state index is 8.91. The van der Waals surface area contributed by atoms with Crippen molar-refractivity contribution in [3.63, 3.8) is 0 Å². The fraction of sp³-hybridized carbons (Fsp3) is 1.00. The van der Waals surface area contributed by atoms with Gasteiger partial charge in [0.2, 0.25) is 0 Å². The SMILES string of the molecule is CC(CO)NC(C(C)C)C1CC1. The van der Waals surface area contributed by atoms with Crippen LogP contribution in [-0.4, -0.2) is 23.8 Å². The summed E-state index contributed by atoms with van der Waals surface area (Å²) in [5, 5.41) is 12.4. The van der Waals surface area contributed by atoms with Crippen molar-refractivity contribution < 1.29 is 5.11 Å². The van der Waals surface area contributed by atoms with Gasteiger partial charge in [0.15, 0.2) is 0 Å². The van der Waals surface area contributed by atoms with Crippen LogP contribution in [0.1, 0.15) is 33.6 Å². The summed E-state index contributed by atoms with van der Waals surface area (Å²) in [5.74, 6) is 1.56. The van der Waals surface area contributed by atoms with Crippen LogP contribution in [0.25, 0.3) is 0 Å². The van der Waals surface area contributed by atoms with Crippen molar-refractivity contribution in [1.82, 2.24) is 5.32 Å². The molecule has 0 spiro atoms. The lowest BCUT2D eigenvalue weighted by Crippen LogP contribution is -2.43. The number of aliphatic hydroxyl groups excluding tert-OH is 1. The third-order valence-corrected chi connectivity index (χ3v) is 2.60. The summed E-state index contributed by atoms with van der Waals surface area (Å²) >= 11 is 0. The van der Waals surface area contributed by atoms with Crippen LogP contribution in [0, 0.1) is 11.8 Å². The monoisotopic (exact) mass is 171 g/mol. The van der Waals surface area contributed by atoms with Crippen LogP contribution in [0.4, 0.5) is 0 Å². The van der Waals surface area contributed by atoms with Crippen LogP contribution >= 0.6 is 0 Å². The van der Waals surface area contributed by atoms with Gasteiger partial charge in [-0.25, -0.2) is 0 Å². The summed E-state index contributed by atoms with van der Waals surface area (Å²) in [7, 11) is 0. The molecule has 0 heterocycles. The Kier molecular flexibility index (Phi) is 3.53. The molecule has 0 saturated heterocycles.